The Morgan fingerprint density at radius 2 is 1.08 bits per heavy atom. The Balaban J connectivity index is 0.000000200. The number of nitrogens with zero attached hydrogens (tertiary/aromatic N) is 11. The lowest BCUT2D eigenvalue weighted by Crippen LogP contribution is -2.49. The summed E-state index contributed by atoms with van der Waals surface area (Å²) in [6, 6.07) is 20.0. The molecule has 61 heavy (non-hydrogen) atoms. The largest absolute Gasteiger partial charge is 0.378 e. The summed E-state index contributed by atoms with van der Waals surface area (Å²) in [4.78, 5) is 45.4. The standard InChI is InChI=1S/C23H27ClN6O2.C19H19ClIN5O.2CH4/c1-17-15-18(4-5-20(17)24)27-7-9-28(10-8-27)21(31)16-30-22-19(3-2-6-25-22)23(26-30)29-11-13-32-14-12-29;1-13-11-14(4-5-16(13)20)24-7-9-25(10-8-24)17(27)12-26-19-15(18(21)23-26)3-2-6-22-19;;/h2-6,15H,7-14,16H2,1H3;2-6,11H,7-10,12H2,1H3;2*1H4. The number of halogens is 3. The maximum atomic E-state index is 13.1. The Bertz CT molecular complexity index is 2460. The number of pyridine rings is 2. The van der Waals surface area contributed by atoms with E-state index in [0.29, 0.717) is 39.4 Å². The number of hydrogen-bond acceptors (Lipinski definition) is 10. The van der Waals surface area contributed by atoms with Crippen molar-refractivity contribution in [3.63, 3.8) is 0 Å². The first-order valence-electron chi connectivity index (χ1n) is 19.8. The van der Waals surface area contributed by atoms with Crippen LogP contribution in [0.25, 0.3) is 22.1 Å². The first-order valence-corrected chi connectivity index (χ1v) is 21.7. The number of piperazine rings is 2. The third-order valence-corrected chi connectivity index (χ3v) is 12.8. The molecule has 2 amide bonds. The second-order valence-corrected chi connectivity index (χ2v) is 16.7. The van der Waals surface area contributed by atoms with Crippen molar-refractivity contribution in [2.75, 3.05) is 93.4 Å². The number of carbonyl (C=O) groups is 2. The zero-order chi connectivity index (χ0) is 41.0. The molecule has 0 spiro atoms. The minimum absolute atomic E-state index is 0. The van der Waals surface area contributed by atoms with Crippen molar-refractivity contribution in [2.45, 2.75) is 41.8 Å². The monoisotopic (exact) mass is 981 g/mol. The van der Waals surface area contributed by atoms with E-state index in [1.807, 2.05) is 72.2 Å². The van der Waals surface area contributed by atoms with Gasteiger partial charge in [0.1, 0.15) is 16.8 Å². The Labute approximate surface area is 381 Å². The molecule has 0 radical (unpaired) electrons. The highest BCUT2D eigenvalue weighted by atomic mass is 127. The summed E-state index contributed by atoms with van der Waals surface area (Å²) in [6.45, 7) is 13.4. The highest BCUT2D eigenvalue weighted by Gasteiger charge is 2.26. The molecule has 14 nitrogen and oxygen atoms in total. The summed E-state index contributed by atoms with van der Waals surface area (Å²) in [6.07, 6.45) is 3.48. The molecule has 17 heteroatoms. The predicted molar refractivity (Wildman–Crippen MR) is 254 cm³/mol. The minimum Gasteiger partial charge on any atom is -0.378 e. The number of ether oxygens (including phenoxy) is 1. The van der Waals surface area contributed by atoms with Crippen LogP contribution in [0.4, 0.5) is 17.2 Å². The lowest BCUT2D eigenvalue weighted by atomic mass is 10.2. The molecule has 3 saturated heterocycles. The highest BCUT2D eigenvalue weighted by molar-refractivity contribution is 14.1. The van der Waals surface area contributed by atoms with Crippen LogP contribution in [0, 0.1) is 17.5 Å². The van der Waals surface area contributed by atoms with E-state index in [0.717, 1.165) is 103 Å². The van der Waals surface area contributed by atoms with Crippen molar-refractivity contribution in [1.82, 2.24) is 39.3 Å². The first kappa shape index (κ1) is 45.8. The normalized spacial score (nSPS) is 15.6. The average molecular weight is 983 g/mol. The number of anilines is 3. The summed E-state index contributed by atoms with van der Waals surface area (Å²) in [5.41, 5.74) is 5.94. The van der Waals surface area contributed by atoms with Crippen LogP contribution in [0.1, 0.15) is 26.0 Å². The van der Waals surface area contributed by atoms with Crippen LogP contribution in [-0.4, -0.2) is 130 Å². The quantitative estimate of drug-likeness (QED) is 0.152. The fourth-order valence-corrected chi connectivity index (χ4v) is 8.64. The van der Waals surface area contributed by atoms with Crippen molar-refractivity contribution in [3.8, 4) is 0 Å². The number of benzene rings is 2. The molecule has 4 aromatic heterocycles. The van der Waals surface area contributed by atoms with Gasteiger partial charge in [-0.2, -0.15) is 10.2 Å². The molecule has 0 N–H and O–H groups in total. The number of carbonyl (C=O) groups excluding carboxylic acids is 2. The Hall–Kier alpha value is -4.71. The van der Waals surface area contributed by atoms with Gasteiger partial charge in [-0.05, 0) is 108 Å². The summed E-state index contributed by atoms with van der Waals surface area (Å²) in [7, 11) is 0. The second kappa shape index (κ2) is 20.4. The van der Waals surface area contributed by atoms with Crippen LogP contribution >= 0.6 is 45.8 Å². The number of aromatic nitrogens is 6. The van der Waals surface area contributed by atoms with Gasteiger partial charge in [0.15, 0.2) is 17.1 Å². The first-order chi connectivity index (χ1) is 28.6. The zero-order valence-electron chi connectivity index (χ0n) is 33.1. The van der Waals surface area contributed by atoms with Gasteiger partial charge in [0.2, 0.25) is 11.8 Å². The summed E-state index contributed by atoms with van der Waals surface area (Å²) in [5, 5.41) is 12.8. The highest BCUT2D eigenvalue weighted by Crippen LogP contribution is 2.27. The number of amides is 2. The van der Waals surface area contributed by atoms with Gasteiger partial charge in [-0.25, -0.2) is 19.3 Å². The van der Waals surface area contributed by atoms with Crippen LogP contribution in [-0.2, 0) is 27.4 Å². The zero-order valence-corrected chi connectivity index (χ0v) is 36.8. The molecule has 3 aliphatic rings. The molecule has 9 rings (SSSR count). The van der Waals surface area contributed by atoms with Gasteiger partial charge >= 0.3 is 0 Å². The fraction of sp³-hybridized carbons (Fsp3) is 0.409. The number of hydrogen-bond donors (Lipinski definition) is 0. The molecule has 2 aromatic carbocycles. The molecule has 0 bridgehead atoms. The van der Waals surface area contributed by atoms with Gasteiger partial charge in [0, 0.05) is 99.3 Å². The molecular formula is C44H54Cl2IN11O3. The van der Waals surface area contributed by atoms with E-state index in [4.69, 9.17) is 33.0 Å². The maximum Gasteiger partial charge on any atom is 0.244 e. The molecule has 0 saturated carbocycles. The van der Waals surface area contributed by atoms with Gasteiger partial charge in [-0.3, -0.25) is 9.59 Å². The maximum absolute atomic E-state index is 13.1. The summed E-state index contributed by atoms with van der Waals surface area (Å²) in [5.74, 6) is 1.03. The molecule has 324 valence electrons. The molecule has 7 heterocycles. The molecule has 3 fully saturated rings. The lowest BCUT2D eigenvalue weighted by molar-refractivity contribution is -0.133. The SMILES string of the molecule is C.C.Cc1cc(N2CCN(C(=O)Cn3nc(I)c4cccnc43)CC2)ccc1Cl.Cc1cc(N2CCN(C(=O)Cn3nc(N4CCOCC4)c4cccnc43)CC2)ccc1Cl. The fourth-order valence-electron chi connectivity index (χ4n) is 7.73. The van der Waals surface area contributed by atoms with Crippen LogP contribution in [0.2, 0.25) is 10.0 Å². The van der Waals surface area contributed by atoms with Crippen LogP contribution in [0.15, 0.2) is 73.1 Å². The van der Waals surface area contributed by atoms with Crippen LogP contribution < -0.4 is 14.7 Å². The summed E-state index contributed by atoms with van der Waals surface area (Å²) >= 11 is 14.5. The smallest absolute Gasteiger partial charge is 0.244 e. The minimum atomic E-state index is 0. The third kappa shape index (κ3) is 10.3. The van der Waals surface area contributed by atoms with Gasteiger partial charge in [0.05, 0.1) is 24.0 Å². The Morgan fingerprint density at radius 1 is 0.623 bits per heavy atom. The molecule has 3 aliphatic heterocycles. The van der Waals surface area contributed by atoms with Gasteiger partial charge < -0.3 is 29.2 Å². The molecule has 0 atom stereocenters. The Morgan fingerprint density at radius 3 is 1.57 bits per heavy atom. The van der Waals surface area contributed by atoms with E-state index in [2.05, 4.69) is 64.5 Å². The van der Waals surface area contributed by atoms with Crippen molar-refractivity contribution in [1.29, 1.82) is 0 Å². The van der Waals surface area contributed by atoms with E-state index in [1.165, 1.54) is 0 Å². The van der Waals surface area contributed by atoms with Gasteiger partial charge in [-0.15, -0.1) is 0 Å². The predicted octanol–water partition coefficient (Wildman–Crippen LogP) is 7.20. The van der Waals surface area contributed by atoms with Gasteiger partial charge in [0.25, 0.3) is 0 Å². The molecule has 6 aromatic rings. The number of fused-ring (bicyclic) bond motifs is 2. The van der Waals surface area contributed by atoms with Gasteiger partial charge in [-0.1, -0.05) is 38.1 Å². The van der Waals surface area contributed by atoms with Crippen molar-refractivity contribution in [2.24, 2.45) is 0 Å². The van der Waals surface area contributed by atoms with E-state index >= 15 is 0 Å². The lowest BCUT2D eigenvalue weighted by Gasteiger charge is -2.36. The Kier molecular flexibility index (Phi) is 15.3. The van der Waals surface area contributed by atoms with E-state index in [-0.39, 0.29) is 39.8 Å². The van der Waals surface area contributed by atoms with E-state index in [9.17, 15) is 9.59 Å². The average Bonchev–Trinajstić information content (AvgIpc) is 3.79. The number of aryl methyl sites for hydroxylation is 2. The van der Waals surface area contributed by atoms with Crippen molar-refractivity contribution in [3.05, 3.63) is 97.9 Å². The topological polar surface area (TPSA) is 121 Å². The van der Waals surface area contributed by atoms with Crippen LogP contribution in [0.3, 0.4) is 0 Å². The van der Waals surface area contributed by atoms with Crippen molar-refractivity contribution < 1.29 is 14.3 Å². The number of rotatable bonds is 7. The van der Waals surface area contributed by atoms with Crippen LogP contribution in [0.5, 0.6) is 0 Å². The van der Waals surface area contributed by atoms with E-state index < -0.39 is 0 Å². The van der Waals surface area contributed by atoms with E-state index in [1.54, 1.807) is 21.8 Å². The third-order valence-electron chi connectivity index (χ3n) is 11.1. The molecule has 0 unspecified atom stereocenters. The second-order valence-electron chi connectivity index (χ2n) is 14.9. The molecular weight excluding hydrogens is 928 g/mol. The van der Waals surface area contributed by atoms with Crippen molar-refractivity contribution >= 4 is 96.9 Å². The summed E-state index contributed by atoms with van der Waals surface area (Å²) < 4.78 is 9.79. The molecule has 0 aliphatic carbocycles. The number of morpholine rings is 1.